The summed E-state index contributed by atoms with van der Waals surface area (Å²) >= 11 is 3.29. The Bertz CT molecular complexity index is 484. The van der Waals surface area contributed by atoms with Gasteiger partial charge in [-0.3, -0.25) is 0 Å². The van der Waals surface area contributed by atoms with Crippen LogP contribution >= 0.6 is 15.9 Å². The van der Waals surface area contributed by atoms with Gasteiger partial charge in [0.15, 0.2) is 0 Å². The third-order valence-electron chi connectivity index (χ3n) is 3.42. The summed E-state index contributed by atoms with van der Waals surface area (Å²) in [5.74, 6) is 0.607. The zero-order valence-electron chi connectivity index (χ0n) is 9.01. The van der Waals surface area contributed by atoms with Crippen molar-refractivity contribution in [1.82, 2.24) is 9.97 Å². The first-order chi connectivity index (χ1) is 8.18. The predicted octanol–water partition coefficient (Wildman–Crippen LogP) is 2.56. The molecule has 0 radical (unpaired) electrons. The highest BCUT2D eigenvalue weighted by atomic mass is 79.9. The standard InChI is InChI=1S/C10H10BrN5O/c11-7-1-13-8(14-2-7)10(15-16-12)3-9(4-10)5-17-6-9/h1-2H,3-6H2. The Hall–Kier alpha value is -1.17. The summed E-state index contributed by atoms with van der Waals surface area (Å²) in [6.07, 6.45) is 4.93. The monoisotopic (exact) mass is 295 g/mol. The highest BCUT2D eigenvalue weighted by Crippen LogP contribution is 2.59. The van der Waals surface area contributed by atoms with Crippen LogP contribution in [-0.4, -0.2) is 23.2 Å². The minimum atomic E-state index is -0.570. The highest BCUT2D eigenvalue weighted by molar-refractivity contribution is 9.10. The van der Waals surface area contributed by atoms with Gasteiger partial charge >= 0.3 is 0 Å². The van der Waals surface area contributed by atoms with Gasteiger partial charge in [0.2, 0.25) is 0 Å². The lowest BCUT2D eigenvalue weighted by molar-refractivity contribution is -0.189. The molecule has 7 heteroatoms. The second-order valence-corrected chi connectivity index (χ2v) is 5.71. The summed E-state index contributed by atoms with van der Waals surface area (Å²) in [6, 6.07) is 0. The molecule has 0 amide bonds. The van der Waals surface area contributed by atoms with Gasteiger partial charge in [0.25, 0.3) is 0 Å². The van der Waals surface area contributed by atoms with E-state index in [4.69, 9.17) is 10.3 Å². The van der Waals surface area contributed by atoms with Gasteiger partial charge in [0, 0.05) is 22.7 Å². The Labute approximate surface area is 106 Å². The maximum atomic E-state index is 8.71. The van der Waals surface area contributed by atoms with Crippen LogP contribution in [0.2, 0.25) is 0 Å². The maximum absolute atomic E-state index is 8.71. The van der Waals surface area contributed by atoms with Crippen LogP contribution in [0, 0.1) is 5.41 Å². The van der Waals surface area contributed by atoms with Gasteiger partial charge in [-0.25, -0.2) is 9.97 Å². The summed E-state index contributed by atoms with van der Waals surface area (Å²) in [7, 11) is 0. The molecule has 0 unspecified atom stereocenters. The van der Waals surface area contributed by atoms with E-state index < -0.39 is 5.54 Å². The van der Waals surface area contributed by atoms with Gasteiger partial charge in [-0.1, -0.05) is 5.11 Å². The van der Waals surface area contributed by atoms with Crippen LogP contribution in [0.25, 0.3) is 10.4 Å². The predicted molar refractivity (Wildman–Crippen MR) is 63.0 cm³/mol. The van der Waals surface area contributed by atoms with E-state index in [1.165, 1.54) is 0 Å². The van der Waals surface area contributed by atoms with Gasteiger partial charge in [-0.15, -0.1) is 0 Å². The van der Waals surface area contributed by atoms with Crippen LogP contribution in [0.5, 0.6) is 0 Å². The molecule has 0 atom stereocenters. The number of ether oxygens (including phenoxy) is 1. The van der Waals surface area contributed by atoms with Gasteiger partial charge in [-0.2, -0.15) is 0 Å². The van der Waals surface area contributed by atoms with Gasteiger partial charge in [0.1, 0.15) is 11.4 Å². The molecule has 1 aliphatic carbocycles. The van der Waals surface area contributed by atoms with Crippen molar-refractivity contribution in [3.05, 3.63) is 33.1 Å². The van der Waals surface area contributed by atoms with Crippen molar-refractivity contribution < 1.29 is 4.74 Å². The summed E-state index contributed by atoms with van der Waals surface area (Å²) in [5.41, 5.74) is 8.33. The van der Waals surface area contributed by atoms with E-state index in [0.29, 0.717) is 5.82 Å². The minimum Gasteiger partial charge on any atom is -0.380 e. The molecule has 1 spiro atoms. The van der Waals surface area contributed by atoms with Crippen LogP contribution in [-0.2, 0) is 10.3 Å². The number of halogens is 1. The first kappa shape index (κ1) is 11.0. The van der Waals surface area contributed by atoms with Crippen molar-refractivity contribution in [2.75, 3.05) is 13.2 Å². The van der Waals surface area contributed by atoms with E-state index in [-0.39, 0.29) is 5.41 Å². The molecule has 3 rings (SSSR count). The van der Waals surface area contributed by atoms with E-state index >= 15 is 0 Å². The lowest BCUT2D eigenvalue weighted by Gasteiger charge is -2.57. The molecule has 1 saturated heterocycles. The van der Waals surface area contributed by atoms with Crippen LogP contribution < -0.4 is 0 Å². The maximum Gasteiger partial charge on any atom is 0.140 e. The average molecular weight is 296 g/mol. The molecule has 0 N–H and O–H groups in total. The zero-order chi connectivity index (χ0) is 11.9. The molecule has 1 aromatic heterocycles. The molecule has 6 nitrogen and oxygen atoms in total. The fourth-order valence-corrected chi connectivity index (χ4v) is 2.90. The smallest absolute Gasteiger partial charge is 0.140 e. The molecule has 2 aliphatic rings. The normalized spacial score (nSPS) is 23.4. The summed E-state index contributed by atoms with van der Waals surface area (Å²) in [4.78, 5) is 11.4. The first-order valence-corrected chi connectivity index (χ1v) is 6.10. The molecule has 2 heterocycles. The average Bonchev–Trinajstić information content (AvgIpc) is 2.22. The van der Waals surface area contributed by atoms with E-state index in [1.807, 2.05) is 0 Å². The molecule has 2 fully saturated rings. The van der Waals surface area contributed by atoms with Crippen molar-refractivity contribution >= 4 is 15.9 Å². The molecular weight excluding hydrogens is 286 g/mol. The molecule has 0 bridgehead atoms. The van der Waals surface area contributed by atoms with Crippen molar-refractivity contribution in [1.29, 1.82) is 0 Å². The topological polar surface area (TPSA) is 83.8 Å². The number of hydrogen-bond acceptors (Lipinski definition) is 4. The third kappa shape index (κ3) is 1.62. The number of hydrogen-bond donors (Lipinski definition) is 0. The summed E-state index contributed by atoms with van der Waals surface area (Å²) in [6.45, 7) is 1.51. The highest BCUT2D eigenvalue weighted by Gasteiger charge is 2.60. The van der Waals surface area contributed by atoms with Crippen molar-refractivity contribution in [2.24, 2.45) is 10.5 Å². The van der Waals surface area contributed by atoms with Gasteiger partial charge in [0.05, 0.1) is 17.7 Å². The van der Waals surface area contributed by atoms with Crippen molar-refractivity contribution in [3.63, 3.8) is 0 Å². The number of rotatable bonds is 2. The third-order valence-corrected chi connectivity index (χ3v) is 3.83. The summed E-state index contributed by atoms with van der Waals surface area (Å²) < 4.78 is 6.04. The molecule has 17 heavy (non-hydrogen) atoms. The minimum absolute atomic E-state index is 0.199. The fourth-order valence-electron chi connectivity index (χ4n) is 2.70. The van der Waals surface area contributed by atoms with Gasteiger partial charge < -0.3 is 4.74 Å². The molecule has 88 valence electrons. The molecule has 1 aliphatic heterocycles. The molecule has 0 aromatic carbocycles. The van der Waals surface area contributed by atoms with Gasteiger partial charge in [-0.05, 0) is 34.3 Å². The largest absolute Gasteiger partial charge is 0.380 e. The van der Waals surface area contributed by atoms with E-state index in [0.717, 1.165) is 30.5 Å². The van der Waals surface area contributed by atoms with Crippen LogP contribution in [0.3, 0.4) is 0 Å². The van der Waals surface area contributed by atoms with Crippen LogP contribution in [0.1, 0.15) is 18.7 Å². The molecule has 1 saturated carbocycles. The van der Waals surface area contributed by atoms with Crippen molar-refractivity contribution in [2.45, 2.75) is 18.4 Å². The number of nitrogens with zero attached hydrogens (tertiary/aromatic N) is 5. The number of aromatic nitrogens is 2. The second-order valence-electron chi connectivity index (χ2n) is 4.79. The van der Waals surface area contributed by atoms with E-state index in [1.54, 1.807) is 12.4 Å². The van der Waals surface area contributed by atoms with E-state index in [2.05, 4.69) is 35.9 Å². The Balaban J connectivity index is 1.91. The molecule has 1 aromatic rings. The lowest BCUT2D eigenvalue weighted by atomic mass is 9.56. The van der Waals surface area contributed by atoms with Crippen LogP contribution in [0.4, 0.5) is 0 Å². The molecular formula is C10H10BrN5O. The summed E-state index contributed by atoms with van der Waals surface area (Å²) in [5, 5.41) is 3.92. The Morgan fingerprint density at radius 3 is 2.47 bits per heavy atom. The number of azide groups is 1. The Morgan fingerprint density at radius 1 is 1.35 bits per heavy atom. The Morgan fingerprint density at radius 2 is 2.00 bits per heavy atom. The first-order valence-electron chi connectivity index (χ1n) is 5.30. The van der Waals surface area contributed by atoms with E-state index in [9.17, 15) is 0 Å². The zero-order valence-corrected chi connectivity index (χ0v) is 10.6. The fraction of sp³-hybridized carbons (Fsp3) is 0.600. The van der Waals surface area contributed by atoms with Crippen molar-refractivity contribution in [3.8, 4) is 0 Å². The second kappa shape index (κ2) is 3.66. The quantitative estimate of drug-likeness (QED) is 0.477. The lowest BCUT2D eigenvalue weighted by Crippen LogP contribution is -2.59. The van der Waals surface area contributed by atoms with Crippen LogP contribution in [0.15, 0.2) is 22.0 Å². The SMILES string of the molecule is [N-]=[N+]=NC1(c2ncc(Br)cn2)CC2(COC2)C1. The Kier molecular flexibility index (Phi) is 2.36.